The Kier molecular flexibility index (Phi) is 14.8. The maximum atomic E-state index is 5.69. The van der Waals surface area contributed by atoms with E-state index in [1.807, 2.05) is 12.5 Å². The van der Waals surface area contributed by atoms with Gasteiger partial charge in [-0.1, -0.05) is 71.6 Å². The molecule has 0 N–H and O–H groups in total. The first-order valence-electron chi connectivity index (χ1n) is 10.8. The van der Waals surface area contributed by atoms with Gasteiger partial charge in [-0.3, -0.25) is 0 Å². The molecule has 0 saturated heterocycles. The van der Waals surface area contributed by atoms with Gasteiger partial charge < -0.3 is 9.30 Å². The van der Waals surface area contributed by atoms with E-state index < -0.39 is 0 Å². The molecule has 0 atom stereocenters. The Bertz CT molecular complexity index is 362. The van der Waals surface area contributed by atoms with Gasteiger partial charge in [0.15, 0.2) is 0 Å². The molecule has 1 rings (SSSR count). The van der Waals surface area contributed by atoms with Crippen LogP contribution in [-0.2, 0) is 11.3 Å². The van der Waals surface area contributed by atoms with Crippen LogP contribution in [0.4, 0.5) is 0 Å². The van der Waals surface area contributed by atoms with E-state index in [0.717, 1.165) is 25.7 Å². The molecule has 25 heavy (non-hydrogen) atoms. The quantitative estimate of drug-likeness (QED) is 0.278. The third kappa shape index (κ3) is 15.2. The summed E-state index contributed by atoms with van der Waals surface area (Å²) >= 11 is 0. The van der Waals surface area contributed by atoms with E-state index in [9.17, 15) is 0 Å². The van der Waals surface area contributed by atoms with Crippen molar-refractivity contribution in [2.75, 3.05) is 13.2 Å². The van der Waals surface area contributed by atoms with Crippen LogP contribution in [0.1, 0.15) is 97.3 Å². The van der Waals surface area contributed by atoms with Crippen LogP contribution in [0.2, 0.25) is 0 Å². The first-order valence-corrected chi connectivity index (χ1v) is 10.8. The Morgan fingerprint density at radius 2 is 1.32 bits per heavy atom. The molecule has 3 nitrogen and oxygen atoms in total. The van der Waals surface area contributed by atoms with Crippen molar-refractivity contribution in [3.05, 3.63) is 18.7 Å². The fourth-order valence-corrected chi connectivity index (χ4v) is 3.20. The molecule has 0 spiro atoms. The molecule has 0 amide bonds. The minimum absolute atomic E-state index is 0.811. The first-order chi connectivity index (χ1) is 12.3. The van der Waals surface area contributed by atoms with E-state index in [1.165, 1.54) is 83.5 Å². The van der Waals surface area contributed by atoms with E-state index >= 15 is 0 Å². The molecule has 0 aliphatic rings. The predicted molar refractivity (Wildman–Crippen MR) is 108 cm³/mol. The topological polar surface area (TPSA) is 27.1 Å². The Morgan fingerprint density at radius 3 is 1.88 bits per heavy atom. The second kappa shape index (κ2) is 16.6. The monoisotopic (exact) mass is 350 g/mol. The number of aromatic nitrogens is 2. The number of aryl methyl sites for hydroxylation is 1. The Hall–Kier alpha value is -0.830. The van der Waals surface area contributed by atoms with E-state index in [2.05, 4.69) is 29.6 Å². The highest BCUT2D eigenvalue weighted by Gasteiger charge is 1.96. The van der Waals surface area contributed by atoms with Crippen molar-refractivity contribution < 1.29 is 4.74 Å². The summed E-state index contributed by atoms with van der Waals surface area (Å²) in [7, 11) is 0. The number of ether oxygens (including phenoxy) is 1. The van der Waals surface area contributed by atoms with Crippen LogP contribution in [0.3, 0.4) is 0 Å². The highest BCUT2D eigenvalue weighted by Crippen LogP contribution is 2.12. The van der Waals surface area contributed by atoms with Gasteiger partial charge in [0, 0.05) is 32.2 Å². The molecule has 1 aromatic rings. The SMILES string of the molecule is CC(C)CCCOCCCCCCCCCCCCCn1ccnc1. The van der Waals surface area contributed by atoms with Crippen molar-refractivity contribution >= 4 is 0 Å². The lowest BCUT2D eigenvalue weighted by atomic mass is 10.1. The second-order valence-corrected chi connectivity index (χ2v) is 7.84. The molecule has 0 aliphatic carbocycles. The lowest BCUT2D eigenvalue weighted by Crippen LogP contribution is -1.99. The lowest BCUT2D eigenvalue weighted by Gasteiger charge is -2.06. The number of unbranched alkanes of at least 4 members (excludes halogenated alkanes) is 10. The predicted octanol–water partition coefficient (Wildman–Crippen LogP) is 6.63. The van der Waals surface area contributed by atoms with Crippen LogP contribution in [0.15, 0.2) is 18.7 Å². The van der Waals surface area contributed by atoms with Crippen molar-refractivity contribution in [3.8, 4) is 0 Å². The fourth-order valence-electron chi connectivity index (χ4n) is 3.20. The van der Waals surface area contributed by atoms with E-state index in [0.29, 0.717) is 0 Å². The number of hydrogen-bond donors (Lipinski definition) is 0. The number of rotatable bonds is 18. The zero-order chi connectivity index (χ0) is 18.0. The minimum Gasteiger partial charge on any atom is -0.381 e. The summed E-state index contributed by atoms with van der Waals surface area (Å²) in [5, 5.41) is 0. The number of hydrogen-bond acceptors (Lipinski definition) is 2. The molecule has 3 heteroatoms. The van der Waals surface area contributed by atoms with Gasteiger partial charge >= 0.3 is 0 Å². The summed E-state index contributed by atoms with van der Waals surface area (Å²) in [6, 6.07) is 0. The summed E-state index contributed by atoms with van der Waals surface area (Å²) < 4.78 is 7.87. The summed E-state index contributed by atoms with van der Waals surface area (Å²) in [5.74, 6) is 0.811. The summed E-state index contributed by atoms with van der Waals surface area (Å²) in [5.41, 5.74) is 0. The third-order valence-electron chi connectivity index (χ3n) is 4.83. The Morgan fingerprint density at radius 1 is 0.760 bits per heavy atom. The number of imidazole rings is 1. The highest BCUT2D eigenvalue weighted by molar-refractivity contribution is 4.73. The van der Waals surface area contributed by atoms with Crippen LogP contribution in [0.25, 0.3) is 0 Å². The molecule has 1 aromatic heterocycles. The first kappa shape index (κ1) is 22.2. The van der Waals surface area contributed by atoms with Crippen LogP contribution in [0.5, 0.6) is 0 Å². The molecular weight excluding hydrogens is 308 g/mol. The average Bonchev–Trinajstić information content (AvgIpc) is 3.11. The molecule has 0 aromatic carbocycles. The fraction of sp³-hybridized carbons (Fsp3) is 0.864. The van der Waals surface area contributed by atoms with Gasteiger partial charge in [-0.2, -0.15) is 0 Å². The molecule has 0 aliphatic heterocycles. The molecule has 0 fully saturated rings. The van der Waals surface area contributed by atoms with E-state index in [1.54, 1.807) is 0 Å². The second-order valence-electron chi connectivity index (χ2n) is 7.84. The third-order valence-corrected chi connectivity index (χ3v) is 4.83. The Balaban J connectivity index is 1.67. The van der Waals surface area contributed by atoms with Gasteiger partial charge in [-0.25, -0.2) is 4.98 Å². The molecule has 0 bridgehead atoms. The zero-order valence-electron chi connectivity index (χ0n) is 16.9. The molecule has 1 heterocycles. The standard InChI is InChI=1S/C22H42N2O/c1-22(2)15-14-20-25-19-13-11-9-7-5-3-4-6-8-10-12-17-24-18-16-23-21-24/h16,18,21-22H,3-15,17,19-20H2,1-2H3. The van der Waals surface area contributed by atoms with Crippen molar-refractivity contribution in [2.45, 2.75) is 104 Å². The Labute approximate surface area is 156 Å². The number of nitrogens with zero attached hydrogens (tertiary/aromatic N) is 2. The van der Waals surface area contributed by atoms with E-state index in [-0.39, 0.29) is 0 Å². The van der Waals surface area contributed by atoms with Crippen molar-refractivity contribution in [1.82, 2.24) is 9.55 Å². The average molecular weight is 351 g/mol. The molecule has 0 radical (unpaired) electrons. The molecule has 0 saturated carbocycles. The molecule has 146 valence electrons. The summed E-state index contributed by atoms with van der Waals surface area (Å²) in [4.78, 5) is 4.08. The maximum Gasteiger partial charge on any atom is 0.0945 e. The smallest absolute Gasteiger partial charge is 0.0945 e. The van der Waals surface area contributed by atoms with Gasteiger partial charge in [0.05, 0.1) is 6.33 Å². The molecular formula is C22H42N2O. The molecule has 0 unspecified atom stereocenters. The van der Waals surface area contributed by atoms with Gasteiger partial charge in [0.1, 0.15) is 0 Å². The van der Waals surface area contributed by atoms with Gasteiger partial charge in [-0.05, 0) is 31.6 Å². The highest BCUT2D eigenvalue weighted by atomic mass is 16.5. The minimum atomic E-state index is 0.811. The van der Waals surface area contributed by atoms with Gasteiger partial charge in [-0.15, -0.1) is 0 Å². The normalized spacial score (nSPS) is 11.5. The lowest BCUT2D eigenvalue weighted by molar-refractivity contribution is 0.124. The van der Waals surface area contributed by atoms with Crippen molar-refractivity contribution in [1.29, 1.82) is 0 Å². The van der Waals surface area contributed by atoms with Gasteiger partial charge in [0.25, 0.3) is 0 Å². The largest absolute Gasteiger partial charge is 0.381 e. The van der Waals surface area contributed by atoms with Crippen LogP contribution < -0.4 is 0 Å². The van der Waals surface area contributed by atoms with Crippen molar-refractivity contribution in [3.63, 3.8) is 0 Å². The summed E-state index contributed by atoms with van der Waals surface area (Å²) in [6.45, 7) is 7.62. The maximum absolute atomic E-state index is 5.69. The van der Waals surface area contributed by atoms with E-state index in [4.69, 9.17) is 4.74 Å². The van der Waals surface area contributed by atoms with Crippen LogP contribution >= 0.6 is 0 Å². The summed E-state index contributed by atoms with van der Waals surface area (Å²) in [6.07, 6.45) is 23.5. The van der Waals surface area contributed by atoms with Crippen LogP contribution in [0, 0.1) is 5.92 Å². The van der Waals surface area contributed by atoms with Gasteiger partial charge in [0.2, 0.25) is 0 Å². The van der Waals surface area contributed by atoms with Crippen LogP contribution in [-0.4, -0.2) is 22.8 Å². The zero-order valence-corrected chi connectivity index (χ0v) is 16.9. The van der Waals surface area contributed by atoms with Crippen molar-refractivity contribution in [2.24, 2.45) is 5.92 Å².